The Morgan fingerprint density at radius 1 is 1.20 bits per heavy atom. The number of nitriles is 1. The number of nitrogens with one attached hydrogen (secondary N) is 1. The van der Waals surface area contributed by atoms with Crippen LogP contribution in [-0.4, -0.2) is 6.54 Å². The van der Waals surface area contributed by atoms with Crippen molar-refractivity contribution < 1.29 is 0 Å². The fraction of sp³-hybridized carbons (Fsp3) is 0.0833. The van der Waals surface area contributed by atoms with E-state index in [9.17, 15) is 0 Å². The van der Waals surface area contributed by atoms with Crippen LogP contribution < -0.4 is 11.1 Å². The first-order valence-corrected chi connectivity index (χ1v) is 4.71. The largest absolute Gasteiger partial charge is 0.397 e. The number of rotatable bonds is 2. The van der Waals surface area contributed by atoms with E-state index in [2.05, 4.69) is 5.32 Å². The lowest BCUT2D eigenvalue weighted by Gasteiger charge is -2.08. The summed E-state index contributed by atoms with van der Waals surface area (Å²) in [6, 6.07) is 13.8. The monoisotopic (exact) mass is 197 g/mol. The molecule has 3 heteroatoms. The Balaban J connectivity index is 2.51. The SMILES string of the molecule is N#CCNc1ccc2ccccc2c1N. The van der Waals surface area contributed by atoms with Crippen molar-refractivity contribution in [2.45, 2.75) is 0 Å². The number of hydrogen-bond acceptors (Lipinski definition) is 3. The molecule has 0 heterocycles. The standard InChI is InChI=1S/C12H11N3/c13-7-8-15-11-6-5-9-3-1-2-4-10(9)12(11)14/h1-6,15H,8,14H2. The highest BCUT2D eigenvalue weighted by molar-refractivity contribution is 5.98. The number of fused-ring (bicyclic) bond motifs is 1. The molecule has 0 radical (unpaired) electrons. The molecule has 2 aromatic carbocycles. The summed E-state index contributed by atoms with van der Waals surface area (Å²) < 4.78 is 0. The van der Waals surface area contributed by atoms with E-state index in [4.69, 9.17) is 11.0 Å². The fourth-order valence-corrected chi connectivity index (χ4v) is 1.58. The average Bonchev–Trinajstić information content (AvgIpc) is 2.29. The van der Waals surface area contributed by atoms with Crippen LogP contribution in [0.15, 0.2) is 36.4 Å². The third kappa shape index (κ3) is 1.70. The number of nitrogens with two attached hydrogens (primary N) is 1. The van der Waals surface area contributed by atoms with Gasteiger partial charge >= 0.3 is 0 Å². The molecule has 74 valence electrons. The minimum atomic E-state index is 0.266. The maximum Gasteiger partial charge on any atom is 0.103 e. The van der Waals surface area contributed by atoms with Gasteiger partial charge in [-0.25, -0.2) is 0 Å². The van der Waals surface area contributed by atoms with Gasteiger partial charge in [-0.05, 0) is 11.5 Å². The summed E-state index contributed by atoms with van der Waals surface area (Å²) in [6.45, 7) is 0.266. The van der Waals surface area contributed by atoms with Gasteiger partial charge in [-0.2, -0.15) is 5.26 Å². The first-order valence-electron chi connectivity index (χ1n) is 4.71. The van der Waals surface area contributed by atoms with Crippen LogP contribution in [0.3, 0.4) is 0 Å². The van der Waals surface area contributed by atoms with Crippen molar-refractivity contribution in [2.24, 2.45) is 0 Å². The van der Waals surface area contributed by atoms with Crippen LogP contribution in [0.25, 0.3) is 10.8 Å². The van der Waals surface area contributed by atoms with E-state index in [1.807, 2.05) is 42.5 Å². The maximum absolute atomic E-state index is 8.48. The first-order chi connectivity index (χ1) is 7.33. The van der Waals surface area contributed by atoms with Crippen LogP contribution in [0.1, 0.15) is 0 Å². The molecule has 0 saturated heterocycles. The van der Waals surface area contributed by atoms with Gasteiger partial charge in [0.2, 0.25) is 0 Å². The highest BCUT2D eigenvalue weighted by atomic mass is 14.9. The van der Waals surface area contributed by atoms with Crippen LogP contribution in [0.5, 0.6) is 0 Å². The van der Waals surface area contributed by atoms with Gasteiger partial charge in [0.25, 0.3) is 0 Å². The van der Waals surface area contributed by atoms with Gasteiger partial charge in [0.1, 0.15) is 6.54 Å². The van der Waals surface area contributed by atoms with E-state index in [0.717, 1.165) is 16.5 Å². The lowest BCUT2D eigenvalue weighted by Crippen LogP contribution is -2.02. The van der Waals surface area contributed by atoms with E-state index in [-0.39, 0.29) is 6.54 Å². The van der Waals surface area contributed by atoms with Gasteiger partial charge in [-0.15, -0.1) is 0 Å². The Bertz CT molecular complexity index is 526. The molecular weight excluding hydrogens is 186 g/mol. The number of benzene rings is 2. The van der Waals surface area contributed by atoms with Gasteiger partial charge in [0.15, 0.2) is 0 Å². The molecule has 0 fully saturated rings. The van der Waals surface area contributed by atoms with Gasteiger partial charge in [0.05, 0.1) is 17.4 Å². The maximum atomic E-state index is 8.48. The van der Waals surface area contributed by atoms with Crippen LogP contribution in [0.2, 0.25) is 0 Å². The highest BCUT2D eigenvalue weighted by Crippen LogP contribution is 2.28. The van der Waals surface area contributed by atoms with E-state index < -0.39 is 0 Å². The fourth-order valence-electron chi connectivity index (χ4n) is 1.58. The molecule has 0 aliphatic heterocycles. The molecule has 0 amide bonds. The minimum Gasteiger partial charge on any atom is -0.397 e. The van der Waals surface area contributed by atoms with E-state index >= 15 is 0 Å². The number of nitrogen functional groups attached to an aromatic ring is 1. The second-order valence-corrected chi connectivity index (χ2v) is 3.26. The number of hydrogen-bond donors (Lipinski definition) is 2. The van der Waals surface area contributed by atoms with Crippen molar-refractivity contribution >= 4 is 22.1 Å². The Morgan fingerprint density at radius 3 is 2.80 bits per heavy atom. The Labute approximate surface area is 88.1 Å². The summed E-state index contributed by atoms with van der Waals surface area (Å²) in [6.07, 6.45) is 0. The highest BCUT2D eigenvalue weighted by Gasteiger charge is 2.02. The third-order valence-corrected chi connectivity index (χ3v) is 2.33. The Kier molecular flexibility index (Phi) is 2.42. The van der Waals surface area contributed by atoms with Crippen LogP contribution in [0.4, 0.5) is 11.4 Å². The summed E-state index contributed by atoms with van der Waals surface area (Å²) in [5, 5.41) is 13.6. The summed E-state index contributed by atoms with van der Waals surface area (Å²) >= 11 is 0. The molecular formula is C12H11N3. The van der Waals surface area contributed by atoms with Crippen LogP contribution in [-0.2, 0) is 0 Å². The zero-order valence-corrected chi connectivity index (χ0v) is 8.20. The van der Waals surface area contributed by atoms with Crippen molar-refractivity contribution in [3.8, 4) is 6.07 Å². The number of anilines is 2. The van der Waals surface area contributed by atoms with Gasteiger partial charge in [-0.1, -0.05) is 30.3 Å². The smallest absolute Gasteiger partial charge is 0.103 e. The summed E-state index contributed by atoms with van der Waals surface area (Å²) in [5.74, 6) is 0. The van der Waals surface area contributed by atoms with Crippen LogP contribution >= 0.6 is 0 Å². The van der Waals surface area contributed by atoms with E-state index in [1.165, 1.54) is 0 Å². The van der Waals surface area contributed by atoms with E-state index in [1.54, 1.807) is 0 Å². The predicted molar refractivity (Wildman–Crippen MR) is 62.5 cm³/mol. The topological polar surface area (TPSA) is 61.8 Å². The van der Waals surface area contributed by atoms with Gasteiger partial charge in [0, 0.05) is 5.39 Å². The van der Waals surface area contributed by atoms with Crippen molar-refractivity contribution in [2.75, 3.05) is 17.6 Å². The molecule has 0 aromatic heterocycles. The molecule has 0 bridgehead atoms. The molecule has 3 nitrogen and oxygen atoms in total. The summed E-state index contributed by atoms with van der Waals surface area (Å²) in [5.41, 5.74) is 7.50. The quantitative estimate of drug-likeness (QED) is 0.573. The van der Waals surface area contributed by atoms with Gasteiger partial charge in [-0.3, -0.25) is 0 Å². The molecule has 2 rings (SSSR count). The molecule has 0 atom stereocenters. The normalized spacial score (nSPS) is 9.80. The summed E-state index contributed by atoms with van der Waals surface area (Å²) in [7, 11) is 0. The molecule has 2 aromatic rings. The molecule has 0 aliphatic rings. The number of nitrogens with zero attached hydrogens (tertiary/aromatic N) is 1. The second kappa shape index (κ2) is 3.89. The molecule has 3 N–H and O–H groups in total. The minimum absolute atomic E-state index is 0.266. The van der Waals surface area contributed by atoms with Gasteiger partial charge < -0.3 is 11.1 Å². The zero-order valence-electron chi connectivity index (χ0n) is 8.20. The summed E-state index contributed by atoms with van der Waals surface area (Å²) in [4.78, 5) is 0. The molecule has 15 heavy (non-hydrogen) atoms. The zero-order chi connectivity index (χ0) is 10.7. The lowest BCUT2D eigenvalue weighted by molar-refractivity contribution is 1.32. The third-order valence-electron chi connectivity index (χ3n) is 2.33. The van der Waals surface area contributed by atoms with Crippen molar-refractivity contribution in [3.05, 3.63) is 36.4 Å². The molecule has 0 aliphatic carbocycles. The van der Waals surface area contributed by atoms with E-state index in [0.29, 0.717) is 5.69 Å². The first kappa shape index (κ1) is 9.35. The van der Waals surface area contributed by atoms with Crippen molar-refractivity contribution in [1.29, 1.82) is 5.26 Å². The second-order valence-electron chi connectivity index (χ2n) is 3.26. The van der Waals surface area contributed by atoms with Crippen LogP contribution in [0, 0.1) is 11.3 Å². The molecule has 0 spiro atoms. The van der Waals surface area contributed by atoms with Crippen molar-refractivity contribution in [1.82, 2.24) is 0 Å². The molecule has 0 saturated carbocycles. The Morgan fingerprint density at radius 2 is 2.00 bits per heavy atom. The molecule has 0 unspecified atom stereocenters. The van der Waals surface area contributed by atoms with Crippen molar-refractivity contribution in [3.63, 3.8) is 0 Å². The average molecular weight is 197 g/mol. The lowest BCUT2D eigenvalue weighted by atomic mass is 10.1. The predicted octanol–water partition coefficient (Wildman–Crippen LogP) is 2.36. The Hall–Kier alpha value is -2.21.